The Morgan fingerprint density at radius 1 is 1.18 bits per heavy atom. The highest BCUT2D eigenvalue weighted by molar-refractivity contribution is 5.94. The highest BCUT2D eigenvalue weighted by Gasteiger charge is 2.11. The molecule has 0 aliphatic carbocycles. The van der Waals surface area contributed by atoms with Gasteiger partial charge in [0.25, 0.3) is 5.91 Å². The highest BCUT2D eigenvalue weighted by atomic mass is 16.5. The molecule has 0 aromatic heterocycles. The SMILES string of the molecule is CCCOc1ccc(C(=O)NCCC(C)N)cc1OCCC. The van der Waals surface area contributed by atoms with Crippen molar-refractivity contribution >= 4 is 5.91 Å². The molecule has 1 rings (SSSR count). The molecule has 1 aromatic rings. The van der Waals surface area contributed by atoms with Crippen LogP contribution in [0.2, 0.25) is 0 Å². The number of hydrogen-bond acceptors (Lipinski definition) is 4. The largest absolute Gasteiger partial charge is 0.490 e. The van der Waals surface area contributed by atoms with Gasteiger partial charge < -0.3 is 20.5 Å². The van der Waals surface area contributed by atoms with Crippen LogP contribution in [0, 0.1) is 0 Å². The molecule has 124 valence electrons. The number of nitrogens with one attached hydrogen (secondary N) is 1. The van der Waals surface area contributed by atoms with Crippen LogP contribution in [0.5, 0.6) is 11.5 Å². The Bertz CT molecular complexity index is 461. The van der Waals surface area contributed by atoms with E-state index in [9.17, 15) is 4.79 Å². The summed E-state index contributed by atoms with van der Waals surface area (Å²) in [7, 11) is 0. The van der Waals surface area contributed by atoms with Gasteiger partial charge in [0.1, 0.15) is 0 Å². The fourth-order valence-electron chi connectivity index (χ4n) is 1.82. The Morgan fingerprint density at radius 3 is 2.41 bits per heavy atom. The lowest BCUT2D eigenvalue weighted by Gasteiger charge is -2.14. The lowest BCUT2D eigenvalue weighted by atomic mass is 10.1. The van der Waals surface area contributed by atoms with Crippen LogP contribution in [0.25, 0.3) is 0 Å². The zero-order chi connectivity index (χ0) is 16.4. The molecule has 1 aromatic carbocycles. The molecular formula is C17H28N2O3. The summed E-state index contributed by atoms with van der Waals surface area (Å²) in [5.41, 5.74) is 6.24. The molecule has 0 fully saturated rings. The number of carbonyl (C=O) groups excluding carboxylic acids is 1. The second kappa shape index (κ2) is 10.1. The van der Waals surface area contributed by atoms with Crippen molar-refractivity contribution < 1.29 is 14.3 Å². The first-order valence-corrected chi connectivity index (χ1v) is 8.01. The van der Waals surface area contributed by atoms with Crippen LogP contribution < -0.4 is 20.5 Å². The summed E-state index contributed by atoms with van der Waals surface area (Å²) >= 11 is 0. The van der Waals surface area contributed by atoms with Gasteiger partial charge in [-0.2, -0.15) is 0 Å². The normalized spacial score (nSPS) is 11.8. The second-order valence-corrected chi connectivity index (χ2v) is 5.38. The maximum atomic E-state index is 12.1. The van der Waals surface area contributed by atoms with Gasteiger partial charge in [-0.15, -0.1) is 0 Å². The van der Waals surface area contributed by atoms with Crippen molar-refractivity contribution in [2.75, 3.05) is 19.8 Å². The average molecular weight is 308 g/mol. The predicted molar refractivity (Wildman–Crippen MR) is 88.6 cm³/mol. The molecule has 1 amide bonds. The summed E-state index contributed by atoms with van der Waals surface area (Å²) in [6.45, 7) is 7.79. The molecule has 0 aliphatic rings. The van der Waals surface area contributed by atoms with Gasteiger partial charge in [-0.25, -0.2) is 0 Å². The number of hydrogen-bond donors (Lipinski definition) is 2. The summed E-state index contributed by atoms with van der Waals surface area (Å²) in [5, 5.41) is 2.86. The number of nitrogens with two attached hydrogens (primary N) is 1. The summed E-state index contributed by atoms with van der Waals surface area (Å²) in [5.74, 6) is 1.18. The molecule has 0 saturated heterocycles. The number of ether oxygens (including phenoxy) is 2. The summed E-state index contributed by atoms with van der Waals surface area (Å²) in [6, 6.07) is 5.36. The Hall–Kier alpha value is -1.75. The van der Waals surface area contributed by atoms with E-state index in [4.69, 9.17) is 15.2 Å². The van der Waals surface area contributed by atoms with Crippen molar-refractivity contribution in [2.24, 2.45) is 5.73 Å². The van der Waals surface area contributed by atoms with Crippen molar-refractivity contribution in [3.63, 3.8) is 0 Å². The Balaban J connectivity index is 2.76. The van der Waals surface area contributed by atoms with Crippen LogP contribution in [-0.2, 0) is 0 Å². The van der Waals surface area contributed by atoms with E-state index in [1.54, 1.807) is 18.2 Å². The topological polar surface area (TPSA) is 73.6 Å². The first-order chi connectivity index (χ1) is 10.6. The van der Waals surface area contributed by atoms with Crippen LogP contribution in [-0.4, -0.2) is 31.7 Å². The van der Waals surface area contributed by atoms with Crippen LogP contribution in [0.1, 0.15) is 50.4 Å². The first kappa shape index (κ1) is 18.3. The van der Waals surface area contributed by atoms with Gasteiger partial charge in [0.05, 0.1) is 13.2 Å². The molecular weight excluding hydrogens is 280 g/mol. The van der Waals surface area contributed by atoms with Gasteiger partial charge in [-0.3, -0.25) is 4.79 Å². The molecule has 0 radical (unpaired) electrons. The summed E-state index contributed by atoms with van der Waals surface area (Å²) < 4.78 is 11.3. The maximum Gasteiger partial charge on any atom is 0.251 e. The quantitative estimate of drug-likeness (QED) is 0.697. The molecule has 22 heavy (non-hydrogen) atoms. The summed E-state index contributed by atoms with van der Waals surface area (Å²) in [4.78, 5) is 12.1. The molecule has 5 heteroatoms. The van der Waals surface area contributed by atoms with E-state index in [2.05, 4.69) is 5.32 Å². The highest BCUT2D eigenvalue weighted by Crippen LogP contribution is 2.28. The number of benzene rings is 1. The zero-order valence-electron chi connectivity index (χ0n) is 13.9. The molecule has 0 bridgehead atoms. The molecule has 3 N–H and O–H groups in total. The van der Waals surface area contributed by atoms with E-state index in [1.165, 1.54) is 0 Å². The van der Waals surface area contributed by atoms with Crippen LogP contribution in [0.3, 0.4) is 0 Å². The van der Waals surface area contributed by atoms with E-state index < -0.39 is 0 Å². The monoisotopic (exact) mass is 308 g/mol. The van der Waals surface area contributed by atoms with Gasteiger partial charge in [0.15, 0.2) is 11.5 Å². The lowest BCUT2D eigenvalue weighted by molar-refractivity contribution is 0.0952. The maximum absolute atomic E-state index is 12.1. The van der Waals surface area contributed by atoms with Gasteiger partial charge in [0.2, 0.25) is 0 Å². The molecule has 0 heterocycles. The average Bonchev–Trinajstić information content (AvgIpc) is 2.50. The minimum absolute atomic E-state index is 0.0774. The van der Waals surface area contributed by atoms with E-state index in [1.807, 2.05) is 20.8 Å². The third-order valence-corrected chi connectivity index (χ3v) is 3.01. The standard InChI is InChI=1S/C17H28N2O3/c1-4-10-21-15-7-6-14(12-16(15)22-11-5-2)17(20)19-9-8-13(3)18/h6-7,12-13H,4-5,8-11,18H2,1-3H3,(H,19,20). The molecule has 5 nitrogen and oxygen atoms in total. The van der Waals surface area contributed by atoms with Gasteiger partial charge in [-0.05, 0) is 44.4 Å². The van der Waals surface area contributed by atoms with E-state index in [0.717, 1.165) is 19.3 Å². The van der Waals surface area contributed by atoms with E-state index in [0.29, 0.717) is 36.8 Å². The van der Waals surface area contributed by atoms with Gasteiger partial charge >= 0.3 is 0 Å². The molecule has 0 saturated carbocycles. The summed E-state index contributed by atoms with van der Waals surface area (Å²) in [6.07, 6.45) is 2.58. The van der Waals surface area contributed by atoms with Crippen LogP contribution in [0.4, 0.5) is 0 Å². The van der Waals surface area contributed by atoms with Crippen molar-refractivity contribution in [3.05, 3.63) is 23.8 Å². The minimum atomic E-state index is -0.121. The fraction of sp³-hybridized carbons (Fsp3) is 0.588. The number of carbonyl (C=O) groups is 1. The van der Waals surface area contributed by atoms with Gasteiger partial charge in [-0.1, -0.05) is 13.8 Å². The Kier molecular flexibility index (Phi) is 8.36. The van der Waals surface area contributed by atoms with E-state index in [-0.39, 0.29) is 11.9 Å². The van der Waals surface area contributed by atoms with Crippen LogP contribution >= 0.6 is 0 Å². The third kappa shape index (κ3) is 6.35. The van der Waals surface area contributed by atoms with Crippen molar-refractivity contribution in [2.45, 2.75) is 46.1 Å². The number of rotatable bonds is 10. The zero-order valence-corrected chi connectivity index (χ0v) is 13.9. The fourth-order valence-corrected chi connectivity index (χ4v) is 1.82. The van der Waals surface area contributed by atoms with Crippen molar-refractivity contribution in [1.29, 1.82) is 0 Å². The minimum Gasteiger partial charge on any atom is -0.490 e. The van der Waals surface area contributed by atoms with Gasteiger partial charge in [0, 0.05) is 18.2 Å². The first-order valence-electron chi connectivity index (χ1n) is 8.01. The molecule has 1 unspecified atom stereocenters. The Labute approximate surface area is 133 Å². The smallest absolute Gasteiger partial charge is 0.251 e. The molecule has 0 aliphatic heterocycles. The molecule has 1 atom stereocenters. The Morgan fingerprint density at radius 2 is 1.82 bits per heavy atom. The van der Waals surface area contributed by atoms with Crippen molar-refractivity contribution in [1.82, 2.24) is 5.32 Å². The third-order valence-electron chi connectivity index (χ3n) is 3.01. The lowest BCUT2D eigenvalue weighted by Crippen LogP contribution is -2.28. The number of amides is 1. The van der Waals surface area contributed by atoms with E-state index >= 15 is 0 Å². The molecule has 0 spiro atoms. The second-order valence-electron chi connectivity index (χ2n) is 5.38. The van der Waals surface area contributed by atoms with Crippen LogP contribution in [0.15, 0.2) is 18.2 Å². The van der Waals surface area contributed by atoms with Crippen molar-refractivity contribution in [3.8, 4) is 11.5 Å². The predicted octanol–water partition coefficient (Wildman–Crippen LogP) is 2.73.